The van der Waals surface area contributed by atoms with Crippen molar-refractivity contribution >= 4 is 5.91 Å². The smallest absolute Gasteiger partial charge is 0.250 e. The topological polar surface area (TPSA) is 91.2 Å². The summed E-state index contributed by atoms with van der Waals surface area (Å²) in [5, 5.41) is 0. The zero-order valence-corrected chi connectivity index (χ0v) is 9.63. The molecule has 2 atom stereocenters. The first kappa shape index (κ1) is 11.9. The molecule has 5 nitrogen and oxygen atoms in total. The highest BCUT2D eigenvalue weighted by molar-refractivity contribution is 5.92. The molecule has 1 amide bonds. The van der Waals surface area contributed by atoms with Crippen LogP contribution in [-0.4, -0.2) is 23.0 Å². The third kappa shape index (κ3) is 3.17. The second-order valence-corrected chi connectivity index (χ2v) is 4.42. The number of pyridine rings is 1. The normalized spacial score (nSPS) is 24.3. The van der Waals surface area contributed by atoms with Crippen molar-refractivity contribution in [3.05, 3.63) is 23.9 Å². The zero-order chi connectivity index (χ0) is 12.3. The van der Waals surface area contributed by atoms with E-state index >= 15 is 0 Å². The van der Waals surface area contributed by atoms with Crippen LogP contribution in [0.3, 0.4) is 0 Å². The van der Waals surface area contributed by atoms with Crippen molar-refractivity contribution in [2.75, 3.05) is 0 Å². The van der Waals surface area contributed by atoms with Gasteiger partial charge < -0.3 is 16.2 Å². The Morgan fingerprint density at radius 3 is 2.82 bits per heavy atom. The van der Waals surface area contributed by atoms with Gasteiger partial charge in [0.25, 0.3) is 0 Å². The van der Waals surface area contributed by atoms with E-state index in [1.807, 2.05) is 0 Å². The maximum Gasteiger partial charge on any atom is 0.250 e. The van der Waals surface area contributed by atoms with Gasteiger partial charge in [-0.1, -0.05) is 0 Å². The number of nitrogens with zero attached hydrogens (tertiary/aromatic N) is 1. The van der Waals surface area contributed by atoms with Crippen LogP contribution in [-0.2, 0) is 0 Å². The first-order chi connectivity index (χ1) is 8.15. The second-order valence-electron chi connectivity index (χ2n) is 4.42. The van der Waals surface area contributed by atoms with E-state index in [-0.39, 0.29) is 12.1 Å². The summed E-state index contributed by atoms with van der Waals surface area (Å²) in [6, 6.07) is 3.51. The summed E-state index contributed by atoms with van der Waals surface area (Å²) in [4.78, 5) is 14.9. The van der Waals surface area contributed by atoms with Crippen molar-refractivity contribution in [1.29, 1.82) is 0 Å². The Hall–Kier alpha value is -1.62. The van der Waals surface area contributed by atoms with Crippen LogP contribution >= 0.6 is 0 Å². The van der Waals surface area contributed by atoms with E-state index in [0.29, 0.717) is 11.4 Å². The third-order valence-corrected chi connectivity index (χ3v) is 2.97. The SMILES string of the molecule is NC(=O)c1ccc(OC2CCCC(N)C2)nc1. The number of aromatic nitrogens is 1. The summed E-state index contributed by atoms with van der Waals surface area (Å²) in [6.45, 7) is 0. The van der Waals surface area contributed by atoms with Gasteiger partial charge in [0.05, 0.1) is 5.56 Å². The van der Waals surface area contributed by atoms with E-state index in [2.05, 4.69) is 4.98 Å². The van der Waals surface area contributed by atoms with Gasteiger partial charge in [-0.2, -0.15) is 0 Å². The molecule has 4 N–H and O–H groups in total. The lowest BCUT2D eigenvalue weighted by molar-refractivity contribution is 0.0999. The molecule has 5 heteroatoms. The van der Waals surface area contributed by atoms with Gasteiger partial charge in [-0.3, -0.25) is 4.79 Å². The molecule has 0 aliphatic heterocycles. The van der Waals surface area contributed by atoms with Crippen molar-refractivity contribution < 1.29 is 9.53 Å². The molecular formula is C12H17N3O2. The van der Waals surface area contributed by atoms with Crippen LogP contribution in [0.25, 0.3) is 0 Å². The highest BCUT2D eigenvalue weighted by Gasteiger charge is 2.20. The Morgan fingerprint density at radius 1 is 1.41 bits per heavy atom. The van der Waals surface area contributed by atoms with E-state index in [1.54, 1.807) is 12.1 Å². The number of hydrogen-bond donors (Lipinski definition) is 2. The molecule has 0 saturated heterocycles. The summed E-state index contributed by atoms with van der Waals surface area (Å²) < 4.78 is 5.72. The highest BCUT2D eigenvalue weighted by atomic mass is 16.5. The van der Waals surface area contributed by atoms with Crippen LogP contribution < -0.4 is 16.2 Å². The standard InChI is InChI=1S/C12H17N3O2/c13-9-2-1-3-10(6-9)17-11-5-4-8(7-15-11)12(14)16/h4-5,7,9-10H,1-3,6,13H2,(H2,14,16). The van der Waals surface area contributed by atoms with Gasteiger partial charge in [0.2, 0.25) is 11.8 Å². The predicted molar refractivity (Wildman–Crippen MR) is 63.6 cm³/mol. The molecule has 1 saturated carbocycles. The number of carbonyl (C=O) groups excluding carboxylic acids is 1. The molecule has 1 aliphatic carbocycles. The Morgan fingerprint density at radius 2 is 2.24 bits per heavy atom. The minimum atomic E-state index is -0.483. The lowest BCUT2D eigenvalue weighted by Crippen LogP contribution is -2.33. The molecule has 2 rings (SSSR count). The van der Waals surface area contributed by atoms with Gasteiger partial charge in [0.1, 0.15) is 6.10 Å². The summed E-state index contributed by atoms with van der Waals surface area (Å²) in [5.74, 6) is 0.0397. The fourth-order valence-electron chi connectivity index (χ4n) is 2.05. The molecule has 0 aromatic carbocycles. The fourth-order valence-corrected chi connectivity index (χ4v) is 2.05. The van der Waals surface area contributed by atoms with Crippen molar-refractivity contribution in [3.63, 3.8) is 0 Å². The summed E-state index contributed by atoms with van der Waals surface area (Å²) in [7, 11) is 0. The van der Waals surface area contributed by atoms with Crippen molar-refractivity contribution in [1.82, 2.24) is 4.98 Å². The zero-order valence-electron chi connectivity index (χ0n) is 9.63. The average Bonchev–Trinajstić information content (AvgIpc) is 2.29. The monoisotopic (exact) mass is 235 g/mol. The molecule has 0 spiro atoms. The molecule has 0 radical (unpaired) electrons. The van der Waals surface area contributed by atoms with Crippen LogP contribution in [0.5, 0.6) is 5.88 Å². The van der Waals surface area contributed by atoms with Crippen molar-refractivity contribution in [3.8, 4) is 5.88 Å². The van der Waals surface area contributed by atoms with E-state index in [9.17, 15) is 4.79 Å². The van der Waals surface area contributed by atoms with Gasteiger partial charge in [-0.15, -0.1) is 0 Å². The van der Waals surface area contributed by atoms with Gasteiger partial charge in [0, 0.05) is 18.3 Å². The Balaban J connectivity index is 1.96. The number of nitrogens with two attached hydrogens (primary N) is 2. The van der Waals surface area contributed by atoms with Crippen LogP contribution in [0, 0.1) is 0 Å². The largest absolute Gasteiger partial charge is 0.474 e. The highest BCUT2D eigenvalue weighted by Crippen LogP contribution is 2.21. The van der Waals surface area contributed by atoms with Gasteiger partial charge >= 0.3 is 0 Å². The number of primary amides is 1. The maximum absolute atomic E-state index is 10.9. The van der Waals surface area contributed by atoms with Gasteiger partial charge in [-0.05, 0) is 31.7 Å². The van der Waals surface area contributed by atoms with Gasteiger partial charge in [0.15, 0.2) is 0 Å². The summed E-state index contributed by atoms with van der Waals surface area (Å²) in [6.07, 6.45) is 5.58. The first-order valence-corrected chi connectivity index (χ1v) is 5.83. The molecule has 92 valence electrons. The number of ether oxygens (including phenoxy) is 1. The quantitative estimate of drug-likeness (QED) is 0.811. The number of hydrogen-bond acceptors (Lipinski definition) is 4. The lowest BCUT2D eigenvalue weighted by atomic mass is 9.94. The van der Waals surface area contributed by atoms with Crippen LogP contribution in [0.1, 0.15) is 36.0 Å². The van der Waals surface area contributed by atoms with Crippen molar-refractivity contribution in [2.24, 2.45) is 11.5 Å². The van der Waals surface area contributed by atoms with Crippen LogP contribution in [0.15, 0.2) is 18.3 Å². The lowest BCUT2D eigenvalue weighted by Gasteiger charge is -2.26. The minimum Gasteiger partial charge on any atom is -0.474 e. The fraction of sp³-hybridized carbons (Fsp3) is 0.500. The van der Waals surface area contributed by atoms with Gasteiger partial charge in [-0.25, -0.2) is 4.98 Å². The second kappa shape index (κ2) is 5.14. The minimum absolute atomic E-state index is 0.130. The first-order valence-electron chi connectivity index (χ1n) is 5.83. The Kier molecular flexibility index (Phi) is 3.58. The van der Waals surface area contributed by atoms with E-state index in [4.69, 9.17) is 16.2 Å². The van der Waals surface area contributed by atoms with E-state index < -0.39 is 5.91 Å². The summed E-state index contributed by atoms with van der Waals surface area (Å²) >= 11 is 0. The molecule has 2 unspecified atom stereocenters. The molecule has 1 aromatic heterocycles. The van der Waals surface area contributed by atoms with E-state index in [0.717, 1.165) is 25.7 Å². The van der Waals surface area contributed by atoms with Crippen LogP contribution in [0.4, 0.5) is 0 Å². The number of rotatable bonds is 3. The Labute approximate surface area is 100 Å². The molecule has 1 heterocycles. The third-order valence-electron chi connectivity index (χ3n) is 2.97. The van der Waals surface area contributed by atoms with Crippen molar-refractivity contribution in [2.45, 2.75) is 37.8 Å². The summed E-state index contributed by atoms with van der Waals surface area (Å²) in [5.41, 5.74) is 11.4. The molecule has 1 aliphatic rings. The number of carbonyl (C=O) groups is 1. The molecule has 0 bridgehead atoms. The molecule has 17 heavy (non-hydrogen) atoms. The molecule has 1 aromatic rings. The maximum atomic E-state index is 10.9. The molecule has 1 fully saturated rings. The Bertz CT molecular complexity index is 391. The van der Waals surface area contributed by atoms with Crippen LogP contribution in [0.2, 0.25) is 0 Å². The predicted octanol–water partition coefficient (Wildman–Crippen LogP) is 0.829. The average molecular weight is 235 g/mol. The molecular weight excluding hydrogens is 218 g/mol. The van der Waals surface area contributed by atoms with E-state index in [1.165, 1.54) is 6.20 Å². The number of amides is 1.